The smallest absolute Gasteiger partial charge is 0.226 e. The van der Waals surface area contributed by atoms with E-state index in [1.165, 1.54) is 5.69 Å². The zero-order valence-electron chi connectivity index (χ0n) is 16.2. The molecule has 146 valence electrons. The number of rotatable bonds is 4. The Morgan fingerprint density at radius 3 is 1.85 bits per heavy atom. The standard InChI is InChI=1S/C21H30N4O2/c1-2-22-8-10-24(11-9-22)20(26)18-16-19(18)21(27)25-14-12-23(13-15-25)17-6-4-3-5-7-17/h3-7,18-19H,2,8-16H2,1H3. The Labute approximate surface area is 161 Å². The quantitative estimate of drug-likeness (QED) is 0.797. The molecule has 27 heavy (non-hydrogen) atoms. The van der Waals surface area contributed by atoms with Crippen molar-refractivity contribution in [2.24, 2.45) is 11.8 Å². The predicted octanol–water partition coefficient (Wildman–Crippen LogP) is 1.14. The van der Waals surface area contributed by atoms with Gasteiger partial charge in [-0.1, -0.05) is 25.1 Å². The molecule has 3 fully saturated rings. The summed E-state index contributed by atoms with van der Waals surface area (Å²) in [6.45, 7) is 9.94. The van der Waals surface area contributed by atoms with Crippen molar-refractivity contribution < 1.29 is 9.59 Å². The van der Waals surface area contributed by atoms with Gasteiger partial charge in [-0.15, -0.1) is 0 Å². The Morgan fingerprint density at radius 2 is 1.33 bits per heavy atom. The molecule has 0 radical (unpaired) electrons. The molecule has 2 saturated heterocycles. The molecule has 2 amide bonds. The maximum atomic E-state index is 12.8. The van der Waals surface area contributed by atoms with Crippen LogP contribution in [-0.4, -0.2) is 85.4 Å². The van der Waals surface area contributed by atoms with Gasteiger partial charge in [-0.3, -0.25) is 9.59 Å². The summed E-state index contributed by atoms with van der Waals surface area (Å²) in [5.74, 6) is 0.239. The Balaban J connectivity index is 1.25. The lowest BCUT2D eigenvalue weighted by atomic mass is 10.2. The van der Waals surface area contributed by atoms with Crippen LogP contribution in [0.4, 0.5) is 5.69 Å². The van der Waals surface area contributed by atoms with Crippen molar-refractivity contribution in [2.75, 3.05) is 63.8 Å². The van der Waals surface area contributed by atoms with Gasteiger partial charge in [-0.05, 0) is 25.1 Å². The van der Waals surface area contributed by atoms with Crippen molar-refractivity contribution in [1.82, 2.24) is 14.7 Å². The number of nitrogens with zero attached hydrogens (tertiary/aromatic N) is 4. The third-order valence-electron chi connectivity index (χ3n) is 6.27. The molecule has 2 aliphatic heterocycles. The highest BCUT2D eigenvalue weighted by molar-refractivity contribution is 5.92. The third-order valence-corrected chi connectivity index (χ3v) is 6.27. The number of hydrogen-bond donors (Lipinski definition) is 0. The SMILES string of the molecule is CCN1CCN(C(=O)C2CC2C(=O)N2CCN(c3ccccc3)CC2)CC1. The van der Waals surface area contributed by atoms with Crippen molar-refractivity contribution in [3.05, 3.63) is 30.3 Å². The molecule has 0 bridgehead atoms. The van der Waals surface area contributed by atoms with Gasteiger partial charge in [-0.25, -0.2) is 0 Å². The number of piperazine rings is 2. The topological polar surface area (TPSA) is 47.1 Å². The van der Waals surface area contributed by atoms with Crippen LogP contribution in [0.2, 0.25) is 0 Å². The van der Waals surface area contributed by atoms with Gasteiger partial charge in [0.1, 0.15) is 0 Å². The van der Waals surface area contributed by atoms with Crippen LogP contribution in [0.3, 0.4) is 0 Å². The molecule has 4 rings (SSSR count). The summed E-state index contributed by atoms with van der Waals surface area (Å²) in [4.78, 5) is 34.2. The summed E-state index contributed by atoms with van der Waals surface area (Å²) in [7, 11) is 0. The van der Waals surface area contributed by atoms with E-state index in [-0.39, 0.29) is 23.7 Å². The Morgan fingerprint density at radius 1 is 0.815 bits per heavy atom. The lowest BCUT2D eigenvalue weighted by Crippen LogP contribution is -2.50. The summed E-state index contributed by atoms with van der Waals surface area (Å²) < 4.78 is 0. The molecule has 2 atom stereocenters. The van der Waals surface area contributed by atoms with Crippen LogP contribution in [0.5, 0.6) is 0 Å². The predicted molar refractivity (Wildman–Crippen MR) is 106 cm³/mol. The fourth-order valence-electron chi connectivity index (χ4n) is 4.32. The summed E-state index contributed by atoms with van der Waals surface area (Å²) in [6, 6.07) is 10.4. The maximum Gasteiger partial charge on any atom is 0.226 e. The van der Waals surface area contributed by atoms with Gasteiger partial charge in [0, 0.05) is 58.0 Å². The molecule has 6 heteroatoms. The van der Waals surface area contributed by atoms with Crippen LogP contribution in [0, 0.1) is 11.8 Å². The molecule has 0 N–H and O–H groups in total. The first-order valence-electron chi connectivity index (χ1n) is 10.3. The van der Waals surface area contributed by atoms with Crippen molar-refractivity contribution >= 4 is 17.5 Å². The first-order chi connectivity index (χ1) is 13.2. The Kier molecular flexibility index (Phi) is 5.34. The second kappa shape index (κ2) is 7.89. The zero-order valence-corrected chi connectivity index (χ0v) is 16.2. The van der Waals surface area contributed by atoms with Gasteiger partial charge >= 0.3 is 0 Å². The van der Waals surface area contributed by atoms with Crippen LogP contribution in [-0.2, 0) is 9.59 Å². The van der Waals surface area contributed by atoms with E-state index in [9.17, 15) is 9.59 Å². The highest BCUT2D eigenvalue weighted by Gasteiger charge is 2.51. The van der Waals surface area contributed by atoms with E-state index < -0.39 is 0 Å². The van der Waals surface area contributed by atoms with Gasteiger partial charge in [0.25, 0.3) is 0 Å². The normalized spacial score (nSPS) is 26.2. The molecule has 2 unspecified atom stereocenters. The molecule has 1 aliphatic carbocycles. The molecular weight excluding hydrogens is 340 g/mol. The van der Waals surface area contributed by atoms with E-state index in [0.29, 0.717) is 0 Å². The summed E-state index contributed by atoms with van der Waals surface area (Å²) >= 11 is 0. The minimum absolute atomic E-state index is 0.0715. The van der Waals surface area contributed by atoms with E-state index in [2.05, 4.69) is 28.9 Å². The molecule has 1 aromatic rings. The van der Waals surface area contributed by atoms with Crippen LogP contribution in [0.1, 0.15) is 13.3 Å². The number of carbonyl (C=O) groups excluding carboxylic acids is 2. The van der Waals surface area contributed by atoms with Gasteiger partial charge in [-0.2, -0.15) is 0 Å². The number of anilines is 1. The van der Waals surface area contributed by atoms with Crippen LogP contribution in [0.15, 0.2) is 30.3 Å². The molecular formula is C21H30N4O2. The van der Waals surface area contributed by atoms with Gasteiger partial charge in [0.2, 0.25) is 11.8 Å². The average Bonchev–Trinajstić information content (AvgIpc) is 3.54. The van der Waals surface area contributed by atoms with Crippen molar-refractivity contribution in [3.8, 4) is 0 Å². The number of benzene rings is 1. The highest BCUT2D eigenvalue weighted by Crippen LogP contribution is 2.41. The van der Waals surface area contributed by atoms with Gasteiger partial charge in [0.05, 0.1) is 11.8 Å². The minimum atomic E-state index is -0.0787. The highest BCUT2D eigenvalue weighted by atomic mass is 16.2. The van der Waals surface area contributed by atoms with Crippen molar-refractivity contribution in [2.45, 2.75) is 13.3 Å². The average molecular weight is 370 g/mol. The monoisotopic (exact) mass is 370 g/mol. The Bertz CT molecular complexity index is 664. The lowest BCUT2D eigenvalue weighted by molar-refractivity contribution is -0.139. The summed E-state index contributed by atoms with van der Waals surface area (Å²) in [5.41, 5.74) is 1.22. The van der Waals surface area contributed by atoms with Gasteiger partial charge < -0.3 is 19.6 Å². The van der Waals surface area contributed by atoms with E-state index in [4.69, 9.17) is 0 Å². The second-order valence-electron chi connectivity index (χ2n) is 7.86. The molecule has 6 nitrogen and oxygen atoms in total. The maximum absolute atomic E-state index is 12.8. The molecule has 1 aromatic carbocycles. The number of carbonyl (C=O) groups is 2. The van der Waals surface area contributed by atoms with Crippen molar-refractivity contribution in [3.63, 3.8) is 0 Å². The summed E-state index contributed by atoms with van der Waals surface area (Å²) in [5, 5.41) is 0. The van der Waals surface area contributed by atoms with Crippen LogP contribution < -0.4 is 4.90 Å². The van der Waals surface area contributed by atoms with E-state index in [1.807, 2.05) is 28.0 Å². The zero-order chi connectivity index (χ0) is 18.8. The van der Waals surface area contributed by atoms with Gasteiger partial charge in [0.15, 0.2) is 0 Å². The number of hydrogen-bond acceptors (Lipinski definition) is 4. The minimum Gasteiger partial charge on any atom is -0.368 e. The van der Waals surface area contributed by atoms with Crippen LogP contribution >= 0.6 is 0 Å². The van der Waals surface area contributed by atoms with Crippen molar-refractivity contribution in [1.29, 1.82) is 0 Å². The first kappa shape index (κ1) is 18.3. The molecule has 3 aliphatic rings. The van der Waals surface area contributed by atoms with E-state index >= 15 is 0 Å². The molecule has 0 aromatic heterocycles. The Hall–Kier alpha value is -2.08. The third kappa shape index (κ3) is 3.95. The number of amides is 2. The molecule has 1 saturated carbocycles. The number of para-hydroxylation sites is 1. The van der Waals surface area contributed by atoms with E-state index in [0.717, 1.165) is 65.3 Å². The fourth-order valence-corrected chi connectivity index (χ4v) is 4.32. The molecule has 2 heterocycles. The fraction of sp³-hybridized carbons (Fsp3) is 0.619. The van der Waals surface area contributed by atoms with E-state index in [1.54, 1.807) is 0 Å². The molecule has 0 spiro atoms. The lowest BCUT2D eigenvalue weighted by Gasteiger charge is -2.36. The largest absolute Gasteiger partial charge is 0.368 e. The summed E-state index contributed by atoms with van der Waals surface area (Å²) in [6.07, 6.45) is 0.741. The first-order valence-corrected chi connectivity index (χ1v) is 10.3. The van der Waals surface area contributed by atoms with Crippen LogP contribution in [0.25, 0.3) is 0 Å². The second-order valence-corrected chi connectivity index (χ2v) is 7.86. The number of likely N-dealkylation sites (N-methyl/N-ethyl adjacent to an activating group) is 1.